The van der Waals surface area contributed by atoms with Crippen LogP contribution in [0.5, 0.6) is 5.75 Å². The van der Waals surface area contributed by atoms with E-state index >= 15 is 0 Å². The van der Waals surface area contributed by atoms with Crippen molar-refractivity contribution in [2.75, 3.05) is 0 Å². The minimum absolute atomic E-state index is 0.245. The van der Waals surface area contributed by atoms with Gasteiger partial charge in [0.15, 0.2) is 0 Å². The van der Waals surface area contributed by atoms with Gasteiger partial charge >= 0.3 is 5.97 Å². The molecule has 0 bridgehead atoms. The molecule has 0 fully saturated rings. The summed E-state index contributed by atoms with van der Waals surface area (Å²) < 4.78 is 39.4. The van der Waals surface area contributed by atoms with Gasteiger partial charge in [0.1, 0.15) is 15.9 Å². The van der Waals surface area contributed by atoms with Crippen molar-refractivity contribution in [2.45, 2.75) is 32.1 Å². The Bertz CT molecular complexity index is 822. The van der Waals surface area contributed by atoms with Crippen LogP contribution in [0.1, 0.15) is 27.2 Å². The topological polar surface area (TPSA) is 83.5 Å². The van der Waals surface area contributed by atoms with Crippen molar-refractivity contribution >= 4 is 26.9 Å². The molecule has 0 aliphatic carbocycles. The van der Waals surface area contributed by atoms with Crippen LogP contribution in [-0.2, 0) is 14.9 Å². The molecule has 6 heteroatoms. The third-order valence-electron chi connectivity index (χ3n) is 3.75. The molecule has 0 spiro atoms. The average Bonchev–Trinajstić information content (AvgIpc) is 2.46. The van der Waals surface area contributed by atoms with Gasteiger partial charge in [-0.1, -0.05) is 31.2 Å². The molecule has 0 saturated heterocycles. The van der Waals surface area contributed by atoms with Crippen LogP contribution in [0.4, 0.5) is 0 Å². The maximum atomic E-state index is 12.2. The van der Waals surface area contributed by atoms with Crippen LogP contribution >= 0.6 is 0 Å². The highest BCUT2D eigenvalue weighted by Crippen LogP contribution is 2.32. The monoisotopic (exact) mass is 321 g/mol. The lowest BCUT2D eigenvalue weighted by molar-refractivity contribution is -0.144. The zero-order chi connectivity index (χ0) is 16.5. The summed E-state index contributed by atoms with van der Waals surface area (Å²) in [7, 11) is -4.60. The standard InChI is InChI=1S/C16H18O5S/c1-4-16(2,3)15(17)21-13-9-10-14(22(18,19)20)12-8-6-5-7-11(12)13/h5-10H,4H2,1-3H3,(H,18,19,20)/p-1. The van der Waals surface area contributed by atoms with E-state index in [2.05, 4.69) is 0 Å². The number of benzene rings is 2. The summed E-state index contributed by atoms with van der Waals surface area (Å²) in [5.74, 6) is -0.160. The largest absolute Gasteiger partial charge is 0.744 e. The summed E-state index contributed by atoms with van der Waals surface area (Å²) in [5, 5.41) is 0.664. The van der Waals surface area contributed by atoms with Crippen LogP contribution < -0.4 is 4.74 Å². The number of rotatable bonds is 4. The fourth-order valence-electron chi connectivity index (χ4n) is 1.93. The number of carbonyl (C=O) groups is 1. The third kappa shape index (κ3) is 3.13. The van der Waals surface area contributed by atoms with Crippen LogP contribution in [0.3, 0.4) is 0 Å². The second-order valence-electron chi connectivity index (χ2n) is 5.69. The van der Waals surface area contributed by atoms with E-state index in [0.717, 1.165) is 0 Å². The van der Waals surface area contributed by atoms with E-state index in [1.165, 1.54) is 18.2 Å². The zero-order valence-corrected chi connectivity index (χ0v) is 13.4. The second kappa shape index (κ2) is 5.70. The lowest BCUT2D eigenvalue weighted by Crippen LogP contribution is -2.28. The summed E-state index contributed by atoms with van der Waals surface area (Å²) in [4.78, 5) is 11.9. The third-order valence-corrected chi connectivity index (χ3v) is 4.65. The van der Waals surface area contributed by atoms with E-state index in [9.17, 15) is 17.8 Å². The summed E-state index contributed by atoms with van der Waals surface area (Å²) in [6.07, 6.45) is 0.608. The van der Waals surface area contributed by atoms with E-state index in [0.29, 0.717) is 11.8 Å². The van der Waals surface area contributed by atoms with Crippen LogP contribution in [0.2, 0.25) is 0 Å². The van der Waals surface area contributed by atoms with Crippen molar-refractivity contribution in [1.29, 1.82) is 0 Å². The molecule has 0 amide bonds. The van der Waals surface area contributed by atoms with Gasteiger partial charge in [0, 0.05) is 10.8 Å². The molecule has 0 aromatic heterocycles. The smallest absolute Gasteiger partial charge is 0.316 e. The minimum atomic E-state index is -4.60. The van der Waals surface area contributed by atoms with Crippen LogP contribution in [0, 0.1) is 5.41 Å². The Labute approximate surface area is 129 Å². The van der Waals surface area contributed by atoms with Gasteiger partial charge in [0.2, 0.25) is 0 Å². The lowest BCUT2D eigenvalue weighted by Gasteiger charge is -2.21. The lowest BCUT2D eigenvalue weighted by atomic mass is 9.91. The van der Waals surface area contributed by atoms with Crippen molar-refractivity contribution in [3.63, 3.8) is 0 Å². The van der Waals surface area contributed by atoms with Gasteiger partial charge in [-0.15, -0.1) is 0 Å². The Kier molecular flexibility index (Phi) is 4.26. The van der Waals surface area contributed by atoms with Crippen molar-refractivity contribution < 1.29 is 22.5 Å². The number of fused-ring (bicyclic) bond motifs is 1. The molecule has 0 radical (unpaired) electrons. The molecule has 0 aliphatic heterocycles. The minimum Gasteiger partial charge on any atom is -0.744 e. The summed E-state index contributed by atoms with van der Waals surface area (Å²) >= 11 is 0. The van der Waals surface area contributed by atoms with E-state index in [4.69, 9.17) is 4.74 Å². The van der Waals surface area contributed by atoms with E-state index < -0.39 is 21.5 Å². The Hall–Kier alpha value is -1.92. The van der Waals surface area contributed by atoms with Gasteiger partial charge in [-0.05, 0) is 32.4 Å². The Balaban J connectivity index is 2.57. The molecule has 0 N–H and O–H groups in total. The second-order valence-corrected chi connectivity index (χ2v) is 7.04. The number of hydrogen-bond donors (Lipinski definition) is 0. The first-order valence-electron chi connectivity index (χ1n) is 6.87. The molecule has 118 valence electrons. The van der Waals surface area contributed by atoms with Crippen molar-refractivity contribution in [3.05, 3.63) is 36.4 Å². The predicted octanol–water partition coefficient (Wildman–Crippen LogP) is 3.09. The molecule has 2 aromatic carbocycles. The van der Waals surface area contributed by atoms with E-state index in [-0.39, 0.29) is 16.0 Å². The summed E-state index contributed by atoms with van der Waals surface area (Å²) in [6, 6.07) is 8.96. The first-order valence-corrected chi connectivity index (χ1v) is 8.27. The van der Waals surface area contributed by atoms with Crippen molar-refractivity contribution in [1.82, 2.24) is 0 Å². The number of ether oxygens (including phenoxy) is 1. The highest BCUT2D eigenvalue weighted by molar-refractivity contribution is 7.86. The van der Waals surface area contributed by atoms with Gasteiger partial charge in [0.25, 0.3) is 0 Å². The first-order chi connectivity index (χ1) is 10.2. The Morgan fingerprint density at radius 1 is 1.14 bits per heavy atom. The molecule has 2 aromatic rings. The molecule has 22 heavy (non-hydrogen) atoms. The van der Waals surface area contributed by atoms with Crippen LogP contribution in [-0.4, -0.2) is 18.9 Å². The van der Waals surface area contributed by atoms with Gasteiger partial charge in [0.05, 0.1) is 10.3 Å². The molecular formula is C16H17O5S-. The molecule has 5 nitrogen and oxygen atoms in total. The zero-order valence-electron chi connectivity index (χ0n) is 12.6. The quantitative estimate of drug-likeness (QED) is 0.491. The maximum absolute atomic E-state index is 12.2. The van der Waals surface area contributed by atoms with Crippen LogP contribution in [0.25, 0.3) is 10.8 Å². The van der Waals surface area contributed by atoms with Gasteiger partial charge in [-0.3, -0.25) is 4.79 Å². The average molecular weight is 321 g/mol. The van der Waals surface area contributed by atoms with E-state index in [1.807, 2.05) is 6.92 Å². The van der Waals surface area contributed by atoms with Crippen LogP contribution in [0.15, 0.2) is 41.3 Å². The Morgan fingerprint density at radius 2 is 1.73 bits per heavy atom. The number of carbonyl (C=O) groups excluding carboxylic acids is 1. The van der Waals surface area contributed by atoms with E-state index in [1.54, 1.807) is 32.0 Å². The first kappa shape index (κ1) is 16.5. The SMILES string of the molecule is CCC(C)(C)C(=O)Oc1ccc(S(=O)(=O)[O-])c2ccccc12. The van der Waals surface area contributed by atoms with Gasteiger partial charge in [-0.2, -0.15) is 0 Å². The highest BCUT2D eigenvalue weighted by Gasteiger charge is 2.28. The normalized spacial score (nSPS) is 12.4. The maximum Gasteiger partial charge on any atom is 0.316 e. The van der Waals surface area contributed by atoms with Crippen molar-refractivity contribution in [2.24, 2.45) is 5.41 Å². The highest BCUT2D eigenvalue weighted by atomic mass is 32.2. The molecule has 0 heterocycles. The van der Waals surface area contributed by atoms with Gasteiger partial charge in [-0.25, -0.2) is 8.42 Å². The molecule has 0 aliphatic rings. The van der Waals surface area contributed by atoms with Gasteiger partial charge < -0.3 is 9.29 Å². The summed E-state index contributed by atoms with van der Waals surface area (Å²) in [5.41, 5.74) is -0.648. The number of hydrogen-bond acceptors (Lipinski definition) is 5. The molecule has 2 rings (SSSR count). The number of esters is 1. The molecular weight excluding hydrogens is 304 g/mol. The molecule has 0 unspecified atom stereocenters. The van der Waals surface area contributed by atoms with Crippen molar-refractivity contribution in [3.8, 4) is 5.75 Å². The predicted molar refractivity (Wildman–Crippen MR) is 81.6 cm³/mol. The fourth-order valence-corrected chi connectivity index (χ4v) is 2.62. The fraction of sp³-hybridized carbons (Fsp3) is 0.312. The Morgan fingerprint density at radius 3 is 2.27 bits per heavy atom. The molecule has 0 saturated carbocycles. The summed E-state index contributed by atoms with van der Waals surface area (Å²) in [6.45, 7) is 5.43. The molecule has 0 atom stereocenters.